The molecule has 0 atom stereocenters. The van der Waals surface area contributed by atoms with E-state index >= 15 is 0 Å². The quantitative estimate of drug-likeness (QED) is 0.317. The van der Waals surface area contributed by atoms with Crippen LogP contribution in [0.25, 0.3) is 5.69 Å². The van der Waals surface area contributed by atoms with Gasteiger partial charge >= 0.3 is 174 Å². The predicted octanol–water partition coefficient (Wildman–Crippen LogP) is 5.65. The van der Waals surface area contributed by atoms with E-state index < -0.39 is 21.1 Å². The molecule has 0 bridgehead atoms. The van der Waals surface area contributed by atoms with Crippen molar-refractivity contribution >= 4 is 30.5 Å². The second-order valence-electron chi connectivity index (χ2n) is 7.57. The summed E-state index contributed by atoms with van der Waals surface area (Å²) in [4.78, 5) is 0. The van der Waals surface area contributed by atoms with Crippen LogP contribution >= 0.6 is 0 Å². The van der Waals surface area contributed by atoms with Gasteiger partial charge in [-0.15, -0.1) is 0 Å². The second kappa shape index (κ2) is 11.1. The van der Waals surface area contributed by atoms with Gasteiger partial charge in [-0.2, -0.15) is 0 Å². The monoisotopic (exact) mass is 479 g/mol. The van der Waals surface area contributed by atoms with Gasteiger partial charge in [0.15, 0.2) is 0 Å². The molecule has 0 fully saturated rings. The number of hydrogen-bond donors (Lipinski definition) is 1. The number of nitrogens with zero attached hydrogens (tertiary/aromatic N) is 2. The predicted molar refractivity (Wildman–Crippen MR) is 115 cm³/mol. The molecule has 0 aliphatic rings. The molecule has 0 aliphatic heterocycles. The molecule has 0 saturated heterocycles. The number of aromatic nitrogens is 2. The number of unbranched alkanes of at least 4 members (excludes halogenated alkanes) is 3. The van der Waals surface area contributed by atoms with Crippen LogP contribution in [0.15, 0.2) is 30.5 Å². The van der Waals surface area contributed by atoms with Crippen molar-refractivity contribution < 1.29 is 4.39 Å². The molecule has 2 rings (SSSR count). The van der Waals surface area contributed by atoms with Gasteiger partial charge in [0.05, 0.1) is 0 Å². The molecule has 2 aromatic rings. The van der Waals surface area contributed by atoms with Gasteiger partial charge in [-0.05, 0) is 0 Å². The average molecular weight is 478 g/mol. The number of nitrogen functional groups attached to an aromatic ring is 1. The van der Waals surface area contributed by atoms with Gasteiger partial charge in [-0.25, -0.2) is 0 Å². The van der Waals surface area contributed by atoms with Gasteiger partial charge < -0.3 is 0 Å². The summed E-state index contributed by atoms with van der Waals surface area (Å²) in [6.07, 6.45) is 13.6. The second-order valence-corrected chi connectivity index (χ2v) is 12.8. The Balaban J connectivity index is 2.23. The average Bonchev–Trinajstić information content (AvgIpc) is 3.10. The Morgan fingerprint density at radius 1 is 1.00 bits per heavy atom. The summed E-state index contributed by atoms with van der Waals surface area (Å²) in [7, 11) is 0. The van der Waals surface area contributed by atoms with E-state index in [1.54, 1.807) is 16.8 Å². The summed E-state index contributed by atoms with van der Waals surface area (Å²) in [5.41, 5.74) is 6.60. The zero-order valence-electron chi connectivity index (χ0n) is 17.1. The van der Waals surface area contributed by atoms with E-state index in [-0.39, 0.29) is 5.82 Å². The van der Waals surface area contributed by atoms with Gasteiger partial charge in [0.1, 0.15) is 0 Å². The van der Waals surface area contributed by atoms with Gasteiger partial charge in [0.25, 0.3) is 0 Å². The Kier molecular flexibility index (Phi) is 9.13. The number of benzene rings is 1. The van der Waals surface area contributed by atoms with Crippen molar-refractivity contribution in [3.63, 3.8) is 0 Å². The third kappa shape index (κ3) is 6.51. The van der Waals surface area contributed by atoms with Crippen molar-refractivity contribution in [1.29, 1.82) is 0 Å². The Hall–Kier alpha value is -1.04. The first-order valence-electron chi connectivity index (χ1n) is 10.4. The molecule has 0 aliphatic carbocycles. The molecule has 1 aromatic heterocycles. The number of nitrogens with two attached hydrogens (primary N) is 1. The molecule has 2 radical (unpaired) electrons. The molecule has 5 heteroatoms. The van der Waals surface area contributed by atoms with E-state index in [2.05, 4.69) is 26.8 Å². The van der Waals surface area contributed by atoms with Crippen molar-refractivity contribution in [3.05, 3.63) is 36.3 Å². The fraction of sp³-hybridized carbons (Fsp3) is 0.591. The third-order valence-electron chi connectivity index (χ3n) is 5.23. The number of anilines is 1. The first-order chi connectivity index (χ1) is 13.0. The summed E-state index contributed by atoms with van der Waals surface area (Å²) in [6, 6.07) is 6.93. The van der Waals surface area contributed by atoms with Crippen LogP contribution in [0.1, 0.15) is 78.6 Å². The van der Waals surface area contributed by atoms with Gasteiger partial charge in [0, 0.05) is 0 Å². The van der Waals surface area contributed by atoms with Crippen LogP contribution in [0.5, 0.6) is 0 Å². The summed E-state index contributed by atoms with van der Waals surface area (Å²) in [5.74, 6) is -0.315. The Bertz CT molecular complexity index is 677. The fourth-order valence-corrected chi connectivity index (χ4v) is 8.65. The standard InChI is InChI=1S/C13H27.C9H7FN3.Sn/c1-4-7-10-13(11-8-5-2)12-9-6-3;10-8-6-7(11)2-3-9(8)13-5-1-4-12-13;/h4-12H2,1-3H3;1-3,5-6H,11H2;. The zero-order chi connectivity index (χ0) is 19.7. The molecule has 27 heavy (non-hydrogen) atoms. The molecule has 3 nitrogen and oxygen atoms in total. The van der Waals surface area contributed by atoms with E-state index in [1.165, 1.54) is 67.6 Å². The van der Waals surface area contributed by atoms with E-state index in [9.17, 15) is 4.39 Å². The molecular formula is C22H34FN3Sn. The first-order valence-corrected chi connectivity index (χ1v) is 13.3. The fourth-order valence-electron chi connectivity index (χ4n) is 3.61. The summed E-state index contributed by atoms with van der Waals surface area (Å²) in [5, 5.41) is 4.79. The summed E-state index contributed by atoms with van der Waals surface area (Å²) in [6.45, 7) is 6.86. The number of halogens is 1. The molecule has 0 spiro atoms. The van der Waals surface area contributed by atoms with Crippen LogP contribution in [0.4, 0.5) is 10.1 Å². The molecule has 0 amide bonds. The third-order valence-corrected chi connectivity index (χ3v) is 10.4. The minimum atomic E-state index is -0.891. The van der Waals surface area contributed by atoms with Crippen LogP contribution in [0.3, 0.4) is 0 Å². The number of rotatable bonds is 12. The normalized spacial score (nSPS) is 11.9. The molecule has 1 heterocycles. The van der Waals surface area contributed by atoms with Crippen LogP contribution in [-0.2, 0) is 0 Å². The van der Waals surface area contributed by atoms with Crippen molar-refractivity contribution in [3.8, 4) is 5.69 Å². The van der Waals surface area contributed by atoms with Crippen LogP contribution < -0.4 is 9.44 Å². The minimum absolute atomic E-state index is 0.315. The van der Waals surface area contributed by atoms with Gasteiger partial charge in [0.2, 0.25) is 0 Å². The maximum atomic E-state index is 14.3. The van der Waals surface area contributed by atoms with Crippen LogP contribution in [-0.4, -0.2) is 30.9 Å². The van der Waals surface area contributed by atoms with Crippen molar-refractivity contribution in [1.82, 2.24) is 9.78 Å². The van der Waals surface area contributed by atoms with Crippen molar-refractivity contribution in [2.75, 3.05) is 5.73 Å². The van der Waals surface area contributed by atoms with E-state index in [0.29, 0.717) is 14.8 Å². The number of hydrogen-bond acceptors (Lipinski definition) is 2. The zero-order valence-corrected chi connectivity index (χ0v) is 20.0. The van der Waals surface area contributed by atoms with Crippen molar-refractivity contribution in [2.24, 2.45) is 0 Å². The van der Waals surface area contributed by atoms with E-state index in [0.717, 1.165) is 0 Å². The van der Waals surface area contributed by atoms with E-state index in [4.69, 9.17) is 10.8 Å². The van der Waals surface area contributed by atoms with Gasteiger partial charge in [-0.3, -0.25) is 0 Å². The molecular weight excluding hydrogens is 444 g/mol. The maximum absolute atomic E-state index is 14.3. The summed E-state index contributed by atoms with van der Waals surface area (Å²) >= 11 is -0.891. The molecule has 1 aromatic carbocycles. The summed E-state index contributed by atoms with van der Waals surface area (Å²) < 4.78 is 17.7. The molecule has 0 unspecified atom stereocenters. The Morgan fingerprint density at radius 3 is 2.11 bits per heavy atom. The SMILES string of the molecule is CCCC[C](CCCC)(CCCC)[Sn][c]1ccn(-c2ccc(N)cc2F)n1. The van der Waals surface area contributed by atoms with Crippen LogP contribution in [0.2, 0.25) is 3.43 Å². The molecule has 148 valence electrons. The molecule has 2 N–H and O–H groups in total. The van der Waals surface area contributed by atoms with Crippen LogP contribution in [0, 0.1) is 5.82 Å². The topological polar surface area (TPSA) is 43.8 Å². The van der Waals surface area contributed by atoms with Gasteiger partial charge in [-0.1, -0.05) is 0 Å². The van der Waals surface area contributed by atoms with Crippen molar-refractivity contribution in [2.45, 2.75) is 82.0 Å². The Morgan fingerprint density at radius 2 is 1.59 bits per heavy atom. The Labute approximate surface area is 174 Å². The van der Waals surface area contributed by atoms with E-state index in [1.807, 2.05) is 6.20 Å². The first kappa shape index (κ1) is 22.2. The molecule has 0 saturated carbocycles.